The minimum absolute atomic E-state index is 0.00999. The van der Waals surface area contributed by atoms with E-state index in [9.17, 15) is 18.0 Å². The van der Waals surface area contributed by atoms with E-state index >= 15 is 0 Å². The Balaban J connectivity index is 1.60. The smallest absolute Gasteiger partial charge is 0.338 e. The van der Waals surface area contributed by atoms with Crippen molar-refractivity contribution in [2.45, 2.75) is 25.1 Å². The molecule has 1 amide bonds. The molecule has 0 bridgehead atoms. The summed E-state index contributed by atoms with van der Waals surface area (Å²) in [6, 6.07) is 11.3. The number of fused-ring (bicyclic) bond motifs is 1. The highest BCUT2D eigenvalue weighted by molar-refractivity contribution is 5.80. The van der Waals surface area contributed by atoms with Gasteiger partial charge in [0.2, 0.25) is 5.91 Å². The maximum atomic E-state index is 13.0. The van der Waals surface area contributed by atoms with Crippen LogP contribution >= 0.6 is 0 Å². The summed E-state index contributed by atoms with van der Waals surface area (Å²) in [5, 5.41) is 10.5. The van der Waals surface area contributed by atoms with Crippen molar-refractivity contribution >= 4 is 11.6 Å². The molecule has 1 unspecified atom stereocenters. The third-order valence-electron chi connectivity index (χ3n) is 4.49. The molecule has 1 aliphatic rings. The zero-order valence-electron chi connectivity index (χ0n) is 13.5. The number of benzene rings is 1. The third kappa shape index (κ3) is 2.89. The van der Waals surface area contributed by atoms with E-state index in [0.717, 1.165) is 5.56 Å². The normalized spacial score (nSPS) is 18.0. The number of hydrogen-bond acceptors (Lipinski definition) is 4. The number of aromatic nitrogens is 4. The van der Waals surface area contributed by atoms with E-state index in [1.165, 1.54) is 6.20 Å². The number of halogens is 3. The van der Waals surface area contributed by atoms with Gasteiger partial charge in [-0.3, -0.25) is 4.79 Å². The Labute approximate surface area is 146 Å². The van der Waals surface area contributed by atoms with Crippen LogP contribution in [-0.4, -0.2) is 37.2 Å². The van der Waals surface area contributed by atoms with Gasteiger partial charge in [0.25, 0.3) is 5.82 Å². The summed E-state index contributed by atoms with van der Waals surface area (Å²) in [6.07, 6.45) is -3.01. The van der Waals surface area contributed by atoms with Gasteiger partial charge < -0.3 is 4.90 Å². The van der Waals surface area contributed by atoms with E-state index < -0.39 is 12.0 Å². The molecule has 6 nitrogen and oxygen atoms in total. The molecule has 2 aromatic heterocycles. The fourth-order valence-corrected chi connectivity index (χ4v) is 3.23. The minimum atomic E-state index is -4.65. The number of alkyl halides is 3. The predicted molar refractivity (Wildman–Crippen MR) is 85.0 cm³/mol. The number of carbonyl (C=O) groups excluding carboxylic acids is 1. The Morgan fingerprint density at radius 1 is 1.12 bits per heavy atom. The average molecular weight is 361 g/mol. The summed E-state index contributed by atoms with van der Waals surface area (Å²) in [4.78, 5) is 14.0. The van der Waals surface area contributed by atoms with Crippen molar-refractivity contribution in [2.75, 3.05) is 6.54 Å². The summed E-state index contributed by atoms with van der Waals surface area (Å²) >= 11 is 0. The van der Waals surface area contributed by atoms with Crippen LogP contribution in [0.5, 0.6) is 0 Å². The van der Waals surface area contributed by atoms with Crippen molar-refractivity contribution in [1.29, 1.82) is 0 Å². The first kappa shape index (κ1) is 16.5. The molecule has 26 heavy (non-hydrogen) atoms. The molecule has 0 spiro atoms. The number of rotatable bonds is 3. The van der Waals surface area contributed by atoms with Gasteiger partial charge in [0.15, 0.2) is 5.65 Å². The van der Waals surface area contributed by atoms with Crippen molar-refractivity contribution < 1.29 is 18.0 Å². The monoisotopic (exact) mass is 361 g/mol. The molecule has 1 aliphatic heterocycles. The largest absolute Gasteiger partial charge is 0.453 e. The topological polar surface area (TPSA) is 63.4 Å². The lowest BCUT2D eigenvalue weighted by Crippen LogP contribution is -2.25. The maximum Gasteiger partial charge on any atom is 0.453 e. The van der Waals surface area contributed by atoms with Crippen LogP contribution < -0.4 is 0 Å². The van der Waals surface area contributed by atoms with Crippen LogP contribution in [0.4, 0.5) is 13.2 Å². The second-order valence-electron chi connectivity index (χ2n) is 6.20. The zero-order chi connectivity index (χ0) is 18.3. The van der Waals surface area contributed by atoms with Crippen molar-refractivity contribution in [2.24, 2.45) is 0 Å². The van der Waals surface area contributed by atoms with Gasteiger partial charge >= 0.3 is 6.18 Å². The van der Waals surface area contributed by atoms with Crippen LogP contribution in [-0.2, 0) is 17.5 Å². The van der Waals surface area contributed by atoms with E-state index in [1.54, 1.807) is 11.0 Å². The van der Waals surface area contributed by atoms with Crippen LogP contribution in [0.3, 0.4) is 0 Å². The van der Waals surface area contributed by atoms with E-state index in [-0.39, 0.29) is 24.0 Å². The quantitative estimate of drug-likeness (QED) is 0.720. The highest BCUT2D eigenvalue weighted by Gasteiger charge is 2.38. The molecule has 1 aromatic carbocycles. The Hall–Kier alpha value is -2.97. The molecule has 134 valence electrons. The molecule has 0 saturated carbocycles. The standard InChI is InChI=1S/C17H14F3N5O/c18-17(19,20)16-23-22-15-12(6-7-21-25(15)16)9-24-10-13(8-14(24)26)11-4-2-1-3-5-11/h1-7,13H,8-10H2. The molecular weight excluding hydrogens is 347 g/mol. The zero-order valence-corrected chi connectivity index (χ0v) is 13.5. The molecule has 1 fully saturated rings. The molecule has 1 atom stereocenters. The van der Waals surface area contributed by atoms with Gasteiger partial charge in [0.1, 0.15) is 0 Å². The molecular formula is C17H14F3N5O. The summed E-state index contributed by atoms with van der Waals surface area (Å²) in [5.74, 6) is -1.14. The first-order chi connectivity index (χ1) is 12.4. The SMILES string of the molecule is O=C1CC(c2ccccc2)CN1Cc1ccnn2c(C(F)(F)F)nnc12. The first-order valence-electron chi connectivity index (χ1n) is 8.02. The maximum absolute atomic E-state index is 13.0. The Bertz CT molecular complexity index is 954. The lowest BCUT2D eigenvalue weighted by atomic mass is 9.99. The first-order valence-corrected chi connectivity index (χ1v) is 8.02. The minimum Gasteiger partial charge on any atom is -0.338 e. The molecule has 4 rings (SSSR count). The van der Waals surface area contributed by atoms with Gasteiger partial charge in [-0.25, -0.2) is 0 Å². The number of amides is 1. The van der Waals surface area contributed by atoms with Crippen molar-refractivity contribution in [3.63, 3.8) is 0 Å². The molecule has 0 N–H and O–H groups in total. The molecule has 0 aliphatic carbocycles. The summed E-state index contributed by atoms with van der Waals surface area (Å²) in [6.45, 7) is 0.682. The number of hydrogen-bond donors (Lipinski definition) is 0. The van der Waals surface area contributed by atoms with Crippen molar-refractivity contribution in [3.05, 3.63) is 59.5 Å². The lowest BCUT2D eigenvalue weighted by Gasteiger charge is -2.17. The molecule has 3 heterocycles. The van der Waals surface area contributed by atoms with Gasteiger partial charge in [-0.2, -0.15) is 22.8 Å². The Morgan fingerprint density at radius 2 is 1.88 bits per heavy atom. The number of carbonyl (C=O) groups is 1. The summed E-state index contributed by atoms with van der Waals surface area (Å²) in [7, 11) is 0. The number of nitrogens with zero attached hydrogens (tertiary/aromatic N) is 5. The lowest BCUT2D eigenvalue weighted by molar-refractivity contribution is -0.146. The fraction of sp³-hybridized carbons (Fsp3) is 0.294. The fourth-order valence-electron chi connectivity index (χ4n) is 3.23. The number of likely N-dealkylation sites (tertiary alicyclic amines) is 1. The molecule has 9 heteroatoms. The van der Waals surface area contributed by atoms with Gasteiger partial charge in [-0.1, -0.05) is 30.3 Å². The van der Waals surface area contributed by atoms with Crippen LogP contribution in [0.1, 0.15) is 29.3 Å². The average Bonchev–Trinajstić information content (AvgIpc) is 3.20. The summed E-state index contributed by atoms with van der Waals surface area (Å²) in [5.41, 5.74) is 1.56. The van der Waals surface area contributed by atoms with Crippen molar-refractivity contribution in [3.8, 4) is 0 Å². The second-order valence-corrected chi connectivity index (χ2v) is 6.20. The molecule has 0 radical (unpaired) electrons. The van der Waals surface area contributed by atoms with E-state index in [0.29, 0.717) is 23.0 Å². The van der Waals surface area contributed by atoms with E-state index in [2.05, 4.69) is 15.3 Å². The highest BCUT2D eigenvalue weighted by Crippen LogP contribution is 2.31. The van der Waals surface area contributed by atoms with Crippen LogP contribution in [0.2, 0.25) is 0 Å². The Kier molecular flexibility index (Phi) is 3.86. The van der Waals surface area contributed by atoms with Gasteiger partial charge in [0.05, 0.1) is 0 Å². The van der Waals surface area contributed by atoms with Gasteiger partial charge in [0, 0.05) is 37.2 Å². The van der Waals surface area contributed by atoms with Crippen LogP contribution in [0.25, 0.3) is 5.65 Å². The third-order valence-corrected chi connectivity index (χ3v) is 4.49. The van der Waals surface area contributed by atoms with E-state index in [4.69, 9.17) is 0 Å². The van der Waals surface area contributed by atoms with Crippen molar-refractivity contribution in [1.82, 2.24) is 24.7 Å². The highest BCUT2D eigenvalue weighted by atomic mass is 19.4. The van der Waals surface area contributed by atoms with E-state index in [1.807, 2.05) is 30.3 Å². The molecule has 3 aromatic rings. The summed E-state index contributed by atoms with van der Waals surface area (Å²) < 4.78 is 39.6. The van der Waals surface area contributed by atoms with Gasteiger partial charge in [-0.15, -0.1) is 10.2 Å². The second kappa shape index (κ2) is 6.08. The van der Waals surface area contributed by atoms with Gasteiger partial charge in [-0.05, 0) is 11.6 Å². The van der Waals surface area contributed by atoms with Crippen LogP contribution in [0.15, 0.2) is 42.6 Å². The predicted octanol–water partition coefficient (Wildman–Crippen LogP) is 2.66. The van der Waals surface area contributed by atoms with Crippen LogP contribution in [0, 0.1) is 0 Å². The Morgan fingerprint density at radius 3 is 2.62 bits per heavy atom. The molecule has 1 saturated heterocycles.